The molecule has 31 nitrogen and oxygen atoms in total. The number of amides is 2. The first-order valence-corrected chi connectivity index (χ1v) is 47.6. The summed E-state index contributed by atoms with van der Waals surface area (Å²) in [6.07, 6.45) is 15.2. The number of ether oxygens (including phenoxy) is 6. The molecule has 129 heavy (non-hydrogen) atoms. The summed E-state index contributed by atoms with van der Waals surface area (Å²) in [6.45, 7) is 23.6. The number of pyridine rings is 2. The van der Waals surface area contributed by atoms with Crippen LogP contribution in [0.3, 0.4) is 0 Å². The van der Waals surface area contributed by atoms with Crippen molar-refractivity contribution in [3.8, 4) is 46.0 Å². The predicted octanol–water partition coefficient (Wildman–Crippen LogP) is 15.7. The van der Waals surface area contributed by atoms with E-state index in [9.17, 15) is 46.7 Å². The second kappa shape index (κ2) is 38.0. The van der Waals surface area contributed by atoms with Crippen molar-refractivity contribution < 1.29 is 64.7 Å². The van der Waals surface area contributed by atoms with E-state index in [1.54, 1.807) is 48.8 Å². The highest BCUT2D eigenvalue weighted by Gasteiger charge is 2.39. The predicted molar refractivity (Wildman–Crippen MR) is 494 cm³/mol. The zero-order valence-corrected chi connectivity index (χ0v) is 75.8. The van der Waals surface area contributed by atoms with Crippen LogP contribution < -0.4 is 47.7 Å². The summed E-state index contributed by atoms with van der Waals surface area (Å²) >= 11 is 12.5. The van der Waals surface area contributed by atoms with Crippen LogP contribution in [0.15, 0.2) is 179 Å². The number of carbonyl (C=O) groups excluding carboxylic acids is 2. The van der Waals surface area contributed by atoms with E-state index in [1.165, 1.54) is 57.9 Å². The van der Waals surface area contributed by atoms with Gasteiger partial charge < -0.3 is 53.1 Å². The highest BCUT2D eigenvalue weighted by atomic mass is 35.5. The maximum atomic E-state index is 14.1. The summed E-state index contributed by atoms with van der Waals surface area (Å²) in [7, 11) is -7.30. The van der Waals surface area contributed by atoms with Crippen molar-refractivity contribution in [2.45, 2.75) is 107 Å². The molecule has 0 unspecified atom stereocenters. The molecule has 6 aliphatic heterocycles. The molecule has 4 N–H and O–H groups in total. The maximum Gasteiger partial charge on any atom is 0.316 e. The molecule has 678 valence electrons. The Bertz CT molecular complexity index is 6200. The lowest BCUT2D eigenvalue weighted by Crippen LogP contribution is -2.49. The lowest BCUT2D eigenvalue weighted by Gasteiger charge is -2.39. The molecule has 2 amide bonds. The fourth-order valence-electron chi connectivity index (χ4n) is 18.3. The minimum absolute atomic E-state index is 0.0605. The Balaban J connectivity index is 0.000000181. The molecular formula is C94H105Cl2N15O16S2. The lowest BCUT2D eigenvalue weighted by molar-refractivity contribution is -0.386. The molecule has 0 bridgehead atoms. The van der Waals surface area contributed by atoms with E-state index >= 15 is 0 Å². The summed E-state index contributed by atoms with van der Waals surface area (Å²) in [5, 5.41) is 27.6. The number of anilines is 2. The fourth-order valence-corrected chi connectivity index (χ4v) is 20.5. The largest absolute Gasteiger partial charge is 0.485 e. The lowest BCUT2D eigenvalue weighted by atomic mass is 9.72. The first-order chi connectivity index (χ1) is 61.9. The number of benzene rings is 6. The number of aromatic nitrogens is 4. The molecule has 10 aromatic rings. The number of H-pyrrole nitrogens is 2. The number of carbonyl (C=O) groups is 2. The molecule has 18 rings (SSSR count). The van der Waals surface area contributed by atoms with Crippen molar-refractivity contribution in [2.75, 3.05) is 148 Å². The minimum atomic E-state index is -4.68. The maximum absolute atomic E-state index is 14.1. The second-order valence-electron chi connectivity index (χ2n) is 36.1. The van der Waals surface area contributed by atoms with Crippen molar-refractivity contribution in [1.82, 2.24) is 53.9 Å². The molecule has 0 radical (unpaired) electrons. The Morgan fingerprint density at radius 3 is 1.33 bits per heavy atom. The summed E-state index contributed by atoms with van der Waals surface area (Å²) in [5.74, 6) is -1.54. The summed E-state index contributed by atoms with van der Waals surface area (Å²) in [4.78, 5) is 81.3. The van der Waals surface area contributed by atoms with Gasteiger partial charge >= 0.3 is 11.4 Å². The minimum Gasteiger partial charge on any atom is -0.485 e. The second-order valence-corrected chi connectivity index (χ2v) is 40.4. The van der Waals surface area contributed by atoms with Crippen LogP contribution in [0.2, 0.25) is 10.0 Å². The molecule has 4 saturated heterocycles. The number of hydrogen-bond acceptors (Lipinski definition) is 25. The SMILES string of the molecule is CC1(C)CCC(CN2CCN(c3ccc(C(=O)NS(=O)(=O)c4cc5c(c([N+](=O)[O-])c4)O[C@H](CN4CCCCC4)CO5)c(Oc4cnc5[nH]ccc5c4)c3)CC2)=C(c2ccc(Cl)cc2)C1.CN1CCN(C[C@@H]2COc3cc(S(=O)(=O)NC(=O)c4ccc(N5CCN(CC6=C(c7ccc(Cl)cc7)CC(C)(C)CC6)CC5)cc4Oc4cnc5[nH]ccc5c4)cc([N+](=O)[O-])c3O2)CC1. The average Bonchev–Trinajstić information content (AvgIpc) is 1.42. The number of sulfonamides is 2. The summed E-state index contributed by atoms with van der Waals surface area (Å²) in [5.41, 5.74) is 10.2. The third-order valence-corrected chi connectivity index (χ3v) is 28.7. The van der Waals surface area contributed by atoms with Gasteiger partial charge in [0.15, 0.2) is 11.5 Å². The van der Waals surface area contributed by atoms with Crippen molar-refractivity contribution in [2.24, 2.45) is 10.8 Å². The number of fused-ring (bicyclic) bond motifs is 4. The highest BCUT2D eigenvalue weighted by Crippen LogP contribution is 2.49. The third-order valence-electron chi connectivity index (χ3n) is 25.6. The van der Waals surface area contributed by atoms with Crippen LogP contribution in [0.25, 0.3) is 33.2 Å². The summed E-state index contributed by atoms with van der Waals surface area (Å²) < 4.78 is 96.4. The number of aromatic amines is 2. The van der Waals surface area contributed by atoms with Crippen LogP contribution in [-0.4, -0.2) is 233 Å². The molecule has 6 aromatic carbocycles. The van der Waals surface area contributed by atoms with Gasteiger partial charge in [0, 0.05) is 186 Å². The number of rotatable bonds is 24. The normalized spacial score (nSPS) is 19.5. The number of nitro benzene ring substituents is 2. The van der Waals surface area contributed by atoms with Crippen LogP contribution in [0, 0.1) is 31.1 Å². The van der Waals surface area contributed by atoms with E-state index in [-0.39, 0.29) is 69.7 Å². The van der Waals surface area contributed by atoms with Crippen LogP contribution >= 0.6 is 23.2 Å². The molecule has 35 heteroatoms. The molecule has 8 aliphatic rings. The number of piperidine rings is 1. The number of nitrogens with zero attached hydrogens (tertiary/aromatic N) is 11. The van der Waals surface area contributed by atoms with Gasteiger partial charge in [-0.05, 0) is 177 Å². The van der Waals surface area contributed by atoms with Gasteiger partial charge in [0.2, 0.25) is 11.5 Å². The Kier molecular flexibility index (Phi) is 26.4. The first-order valence-electron chi connectivity index (χ1n) is 43.8. The number of allylic oxidation sites excluding steroid dienone is 2. The van der Waals surface area contributed by atoms with Crippen molar-refractivity contribution in [3.05, 3.63) is 222 Å². The number of nitrogens with one attached hydrogen (secondary N) is 4. The monoisotopic (exact) mass is 1830 g/mol. The van der Waals surface area contributed by atoms with E-state index in [0.29, 0.717) is 62.1 Å². The van der Waals surface area contributed by atoms with Gasteiger partial charge in [0.05, 0.1) is 43.2 Å². The Morgan fingerprint density at radius 2 is 0.915 bits per heavy atom. The van der Waals surface area contributed by atoms with E-state index in [1.807, 2.05) is 36.4 Å². The van der Waals surface area contributed by atoms with E-state index < -0.39 is 75.1 Å². The first kappa shape index (κ1) is 89.6. The number of hydrogen-bond donors (Lipinski definition) is 4. The smallest absolute Gasteiger partial charge is 0.316 e. The molecule has 2 atom stereocenters. The van der Waals surface area contributed by atoms with Gasteiger partial charge in [-0.1, -0.05) is 92.7 Å². The molecule has 4 fully saturated rings. The van der Waals surface area contributed by atoms with Crippen LogP contribution in [0.1, 0.15) is 117 Å². The van der Waals surface area contributed by atoms with Crippen LogP contribution in [-0.2, 0) is 20.0 Å². The molecular weight excluding hydrogens is 1730 g/mol. The third kappa shape index (κ3) is 21.2. The average molecular weight is 1840 g/mol. The number of halogens is 2. The molecule has 10 heterocycles. The van der Waals surface area contributed by atoms with Gasteiger partial charge in [-0.25, -0.2) is 36.2 Å². The Morgan fingerprint density at radius 1 is 0.512 bits per heavy atom. The number of piperazine rings is 3. The van der Waals surface area contributed by atoms with Crippen LogP contribution in [0.5, 0.6) is 46.0 Å². The van der Waals surface area contributed by atoms with Crippen LogP contribution in [0.4, 0.5) is 22.7 Å². The van der Waals surface area contributed by atoms with Gasteiger partial charge in [0.1, 0.15) is 59.7 Å². The summed E-state index contributed by atoms with van der Waals surface area (Å²) in [6, 6.07) is 37.7. The fraction of sp³-hybridized carbons (Fsp3) is 0.404. The van der Waals surface area contributed by atoms with E-state index in [0.717, 1.165) is 193 Å². The van der Waals surface area contributed by atoms with E-state index in [4.69, 9.17) is 51.6 Å². The zero-order valence-electron chi connectivity index (χ0n) is 72.7. The molecule has 0 spiro atoms. The topological polar surface area (TPSA) is 348 Å². The highest BCUT2D eigenvalue weighted by molar-refractivity contribution is 7.90. The van der Waals surface area contributed by atoms with Gasteiger partial charge in [0.25, 0.3) is 31.9 Å². The Hall–Kier alpha value is -11.4. The Labute approximate surface area is 759 Å². The van der Waals surface area contributed by atoms with E-state index in [2.05, 4.69) is 123 Å². The number of nitro groups is 2. The van der Waals surface area contributed by atoms with Gasteiger partial charge in [-0.2, -0.15) is 0 Å². The van der Waals surface area contributed by atoms with Gasteiger partial charge in [-0.3, -0.25) is 49.4 Å². The van der Waals surface area contributed by atoms with Crippen molar-refractivity contribution in [1.29, 1.82) is 0 Å². The quantitative estimate of drug-likeness (QED) is 0.0322. The molecule has 4 aromatic heterocycles. The number of likely N-dealkylation sites (tertiary alicyclic amines) is 1. The molecule has 0 saturated carbocycles. The molecule has 2 aliphatic carbocycles. The standard InChI is InChI=1S/C47H53ClN8O8S.C47H52ClN7O8S/c1-47(2)12-10-33(40(26-47)31-4-6-34(48)7-5-31)28-53-18-20-55(21-19-53)35-8-9-39(42(23-35)63-36-22-32-11-13-49-45(32)50-27-36)46(57)51-65(60,61)38-24-41(56(58)59)44-43(25-38)62-30-37(64-44)29-54-16-14-52(3)15-17-54;1-47(2)14-12-33(40(26-47)31-6-8-34(48)9-7-31)28-53-18-20-54(21-19-53)35-10-11-39(42(23-35)62-36-22-32-13-15-49-45(32)50-27-36)46(56)51-64(59,60)38-24-41(55(57)58)44-43(25-38)61-30-37(63-44)29-52-16-4-3-5-17-52/h4-9,11,13,22-25,27,37H,10,12,14-21,26,28-30H2,1-3H3,(H,49,50)(H,51,57);6-11,13,15,22-25,27,37H,3-5,12,14,16-21,26,28-30H2,1-2H3,(H,49,50)(H,51,56)/t2*37-/m11/s1. The zero-order chi connectivity index (χ0) is 90.0. The van der Waals surface area contributed by atoms with Gasteiger partial charge in [-0.15, -0.1) is 0 Å². The van der Waals surface area contributed by atoms with Crippen molar-refractivity contribution in [3.63, 3.8) is 0 Å². The van der Waals surface area contributed by atoms with Crippen molar-refractivity contribution >= 4 is 111 Å². The number of likely N-dealkylation sites (N-methyl/N-ethyl adjacent to an activating group) is 1.